The maximum atomic E-state index is 4.59. The van der Waals surface area contributed by atoms with Crippen LogP contribution in [-0.4, -0.2) is 22.8 Å². The van der Waals surface area contributed by atoms with Gasteiger partial charge in [0.2, 0.25) is 0 Å². The molecule has 114 valence electrons. The Balaban J connectivity index is 0.000000980. The second-order valence-corrected chi connectivity index (χ2v) is 5.76. The summed E-state index contributed by atoms with van der Waals surface area (Å²) in [5.74, 6) is 0. The molecule has 8 bridgehead atoms. The molecular formula is C20H13N4Na. The summed E-state index contributed by atoms with van der Waals surface area (Å²) in [5, 5.41) is 0. The first kappa shape index (κ1) is 16.1. The summed E-state index contributed by atoms with van der Waals surface area (Å²) in [5.41, 5.74) is 7.15. The Morgan fingerprint density at radius 1 is 0.400 bits per heavy atom. The van der Waals surface area contributed by atoms with Gasteiger partial charge < -0.3 is 1.43 Å². The molecule has 5 rings (SSSR count). The SMILES string of the molecule is C1=CC2=NC1=CC1=NC(=CC3=NC(=CC4=NC(=C2)C=C4)C=C3)C=C1.[H-].[Na+]. The Morgan fingerprint density at radius 2 is 0.640 bits per heavy atom. The molecule has 0 amide bonds. The van der Waals surface area contributed by atoms with E-state index in [9.17, 15) is 0 Å². The Kier molecular flexibility index (Phi) is 4.17. The third kappa shape index (κ3) is 3.37. The minimum atomic E-state index is 0. The van der Waals surface area contributed by atoms with E-state index in [1.807, 2.05) is 72.9 Å². The van der Waals surface area contributed by atoms with Crippen molar-refractivity contribution in [2.24, 2.45) is 20.0 Å². The molecule has 0 saturated carbocycles. The minimum Gasteiger partial charge on any atom is -1.00 e. The van der Waals surface area contributed by atoms with Gasteiger partial charge in [-0.3, -0.25) is 0 Å². The molecule has 0 radical (unpaired) electrons. The maximum absolute atomic E-state index is 4.59. The largest absolute Gasteiger partial charge is 1.00 e. The van der Waals surface area contributed by atoms with Crippen molar-refractivity contribution >= 4 is 22.8 Å². The van der Waals surface area contributed by atoms with Crippen LogP contribution in [0.3, 0.4) is 0 Å². The normalized spacial score (nSPS) is 21.8. The number of hydrogen-bond acceptors (Lipinski definition) is 4. The van der Waals surface area contributed by atoms with E-state index < -0.39 is 0 Å². The molecule has 0 unspecified atom stereocenters. The van der Waals surface area contributed by atoms with Crippen LogP contribution in [-0.2, 0) is 0 Å². The van der Waals surface area contributed by atoms with Gasteiger partial charge in [0, 0.05) is 0 Å². The van der Waals surface area contributed by atoms with Crippen LogP contribution in [0.1, 0.15) is 1.43 Å². The van der Waals surface area contributed by atoms with Crippen LogP contribution in [0.5, 0.6) is 0 Å². The Bertz CT molecular complexity index is 854. The molecule has 0 aliphatic carbocycles. The summed E-state index contributed by atoms with van der Waals surface area (Å²) >= 11 is 0. The topological polar surface area (TPSA) is 49.4 Å². The van der Waals surface area contributed by atoms with Crippen molar-refractivity contribution in [3.8, 4) is 0 Å². The molecular weight excluding hydrogens is 319 g/mol. The van der Waals surface area contributed by atoms with Crippen molar-refractivity contribution in [3.63, 3.8) is 0 Å². The minimum absolute atomic E-state index is 0. The third-order valence-electron chi connectivity index (χ3n) is 3.92. The Morgan fingerprint density at radius 3 is 0.880 bits per heavy atom. The van der Waals surface area contributed by atoms with Crippen LogP contribution in [0.15, 0.2) is 116 Å². The molecule has 0 aromatic heterocycles. The van der Waals surface area contributed by atoms with Crippen molar-refractivity contribution in [2.45, 2.75) is 0 Å². The zero-order valence-electron chi connectivity index (χ0n) is 14.7. The maximum Gasteiger partial charge on any atom is 1.00 e. The molecule has 0 aromatic carbocycles. The first-order valence-corrected chi connectivity index (χ1v) is 7.74. The molecule has 0 spiro atoms. The second kappa shape index (κ2) is 6.48. The molecule has 5 heteroatoms. The predicted molar refractivity (Wildman–Crippen MR) is 99.7 cm³/mol. The average Bonchev–Trinajstić information content (AvgIpc) is 3.32. The molecule has 0 aromatic rings. The first-order valence-electron chi connectivity index (χ1n) is 7.74. The summed E-state index contributed by atoms with van der Waals surface area (Å²) in [7, 11) is 0. The average molecular weight is 332 g/mol. The molecule has 5 heterocycles. The van der Waals surface area contributed by atoms with E-state index in [1.54, 1.807) is 0 Å². The van der Waals surface area contributed by atoms with Crippen LogP contribution in [0, 0.1) is 0 Å². The van der Waals surface area contributed by atoms with Gasteiger partial charge in [0.15, 0.2) is 0 Å². The van der Waals surface area contributed by atoms with E-state index in [4.69, 9.17) is 0 Å². The van der Waals surface area contributed by atoms with E-state index in [0.29, 0.717) is 0 Å². The number of rotatable bonds is 0. The Labute approximate surface area is 169 Å². The fraction of sp³-hybridized carbons (Fsp3) is 0. The zero-order chi connectivity index (χ0) is 15.9. The monoisotopic (exact) mass is 332 g/mol. The quantitative estimate of drug-likeness (QED) is 0.587. The van der Waals surface area contributed by atoms with Gasteiger partial charge in [0.25, 0.3) is 0 Å². The number of fused-ring (bicyclic) bond motifs is 4. The molecule has 0 atom stereocenters. The number of aliphatic imine (C=N–C) groups is 4. The summed E-state index contributed by atoms with van der Waals surface area (Å²) in [4.78, 5) is 18.4. The Hall–Kier alpha value is -2.40. The van der Waals surface area contributed by atoms with Crippen LogP contribution < -0.4 is 29.6 Å². The van der Waals surface area contributed by atoms with Crippen LogP contribution in [0.4, 0.5) is 0 Å². The predicted octanol–water partition coefficient (Wildman–Crippen LogP) is 0.695. The number of nitrogens with zero attached hydrogens (tertiary/aromatic N) is 4. The van der Waals surface area contributed by atoms with Crippen molar-refractivity contribution in [1.29, 1.82) is 0 Å². The van der Waals surface area contributed by atoms with Gasteiger partial charge in [-0.1, -0.05) is 0 Å². The fourth-order valence-corrected chi connectivity index (χ4v) is 2.83. The van der Waals surface area contributed by atoms with Crippen LogP contribution in [0.2, 0.25) is 0 Å². The van der Waals surface area contributed by atoms with Gasteiger partial charge in [-0.15, -0.1) is 0 Å². The second-order valence-electron chi connectivity index (χ2n) is 5.76. The van der Waals surface area contributed by atoms with E-state index in [-0.39, 0.29) is 31.0 Å². The van der Waals surface area contributed by atoms with E-state index in [2.05, 4.69) is 20.0 Å². The molecule has 5 aliphatic rings. The standard InChI is InChI=1S/C20H12N4.Na.H/c1-2-14-10-16-5-6-18(23-16)12-20-8-7-19(24-20)11-17-4-3-15(22-17)9-13(1)21-14;;/h1-12H;;/q;+1;-1. The van der Waals surface area contributed by atoms with Crippen molar-refractivity contribution < 1.29 is 31.0 Å². The van der Waals surface area contributed by atoms with Crippen LogP contribution >= 0.6 is 0 Å². The molecule has 0 N–H and O–H groups in total. The van der Waals surface area contributed by atoms with E-state index in [1.165, 1.54) is 0 Å². The summed E-state index contributed by atoms with van der Waals surface area (Å²) in [6, 6.07) is 0. The first-order chi connectivity index (χ1) is 11.8. The molecule has 0 fully saturated rings. The third-order valence-corrected chi connectivity index (χ3v) is 3.92. The summed E-state index contributed by atoms with van der Waals surface area (Å²) in [6.07, 6.45) is 23.8. The van der Waals surface area contributed by atoms with Crippen LogP contribution in [0.25, 0.3) is 0 Å². The van der Waals surface area contributed by atoms with Gasteiger partial charge in [-0.2, -0.15) is 0 Å². The molecule has 25 heavy (non-hydrogen) atoms. The van der Waals surface area contributed by atoms with Gasteiger partial charge in [-0.05, 0) is 72.9 Å². The van der Waals surface area contributed by atoms with E-state index in [0.717, 1.165) is 45.6 Å². The summed E-state index contributed by atoms with van der Waals surface area (Å²) < 4.78 is 0. The van der Waals surface area contributed by atoms with Gasteiger partial charge in [0.1, 0.15) is 0 Å². The van der Waals surface area contributed by atoms with Crippen molar-refractivity contribution in [3.05, 3.63) is 95.7 Å². The zero-order valence-corrected chi connectivity index (χ0v) is 15.7. The van der Waals surface area contributed by atoms with Gasteiger partial charge >= 0.3 is 29.6 Å². The number of allylic oxidation sites excluding steroid dienone is 12. The molecule has 0 saturated heterocycles. The van der Waals surface area contributed by atoms with Gasteiger partial charge in [-0.25, -0.2) is 20.0 Å². The van der Waals surface area contributed by atoms with Gasteiger partial charge in [0.05, 0.1) is 45.6 Å². The summed E-state index contributed by atoms with van der Waals surface area (Å²) in [6.45, 7) is 0. The van der Waals surface area contributed by atoms with Crippen molar-refractivity contribution in [1.82, 2.24) is 0 Å². The van der Waals surface area contributed by atoms with Crippen molar-refractivity contribution in [2.75, 3.05) is 0 Å². The number of hydrogen-bond donors (Lipinski definition) is 0. The fourth-order valence-electron chi connectivity index (χ4n) is 2.83. The van der Waals surface area contributed by atoms with E-state index >= 15 is 0 Å². The molecule has 5 aliphatic heterocycles. The smallest absolute Gasteiger partial charge is 1.00 e. The molecule has 4 nitrogen and oxygen atoms in total.